The van der Waals surface area contributed by atoms with Crippen molar-refractivity contribution in [3.05, 3.63) is 12.7 Å². The molecule has 0 aromatic heterocycles. The first-order chi connectivity index (χ1) is 5.18. The molecular weight excluding hydrogens is 136 g/mol. The van der Waals surface area contributed by atoms with Crippen LogP contribution in [0.15, 0.2) is 12.7 Å². The van der Waals surface area contributed by atoms with E-state index >= 15 is 0 Å². The maximum Gasteiger partial charge on any atom is 0.0550 e. The lowest BCUT2D eigenvalue weighted by Crippen LogP contribution is -2.19. The second kappa shape index (κ2) is 5.36. The molecule has 1 nitrogen and oxygen atoms in total. The highest BCUT2D eigenvalue weighted by Gasteiger charge is 2.18. The van der Waals surface area contributed by atoms with Crippen molar-refractivity contribution >= 4 is 0 Å². The standard InChI is InChI=1S/C10H20O/c1-5-7-8-10(3,6-2)9-11-4/h6H,2,5,7-9H2,1,3-4H3/t10-/m1/s1. The Labute approximate surface area is 70.4 Å². The van der Waals surface area contributed by atoms with E-state index in [4.69, 9.17) is 4.74 Å². The van der Waals surface area contributed by atoms with Crippen molar-refractivity contribution < 1.29 is 4.74 Å². The summed E-state index contributed by atoms with van der Waals surface area (Å²) in [5.74, 6) is 0. The Morgan fingerprint density at radius 2 is 2.18 bits per heavy atom. The molecule has 66 valence electrons. The van der Waals surface area contributed by atoms with Crippen LogP contribution in [0.4, 0.5) is 0 Å². The molecule has 0 bridgehead atoms. The minimum atomic E-state index is 0.185. The summed E-state index contributed by atoms with van der Waals surface area (Å²) in [7, 11) is 1.74. The summed E-state index contributed by atoms with van der Waals surface area (Å²) in [6.45, 7) is 9.01. The van der Waals surface area contributed by atoms with Crippen molar-refractivity contribution in [2.24, 2.45) is 5.41 Å². The van der Waals surface area contributed by atoms with Crippen LogP contribution in [0, 0.1) is 5.41 Å². The summed E-state index contributed by atoms with van der Waals surface area (Å²) >= 11 is 0. The van der Waals surface area contributed by atoms with Crippen LogP contribution in [-0.2, 0) is 4.74 Å². The Hall–Kier alpha value is -0.300. The number of rotatable bonds is 6. The average molecular weight is 156 g/mol. The molecule has 0 aliphatic carbocycles. The van der Waals surface area contributed by atoms with Gasteiger partial charge in [-0.2, -0.15) is 0 Å². The van der Waals surface area contributed by atoms with Gasteiger partial charge in [0.2, 0.25) is 0 Å². The second-order valence-corrected chi connectivity index (χ2v) is 3.39. The van der Waals surface area contributed by atoms with Crippen molar-refractivity contribution in [2.45, 2.75) is 33.1 Å². The zero-order valence-corrected chi connectivity index (χ0v) is 8.02. The molecule has 0 fully saturated rings. The number of methoxy groups -OCH3 is 1. The van der Waals surface area contributed by atoms with E-state index in [9.17, 15) is 0 Å². The lowest BCUT2D eigenvalue weighted by atomic mass is 9.86. The van der Waals surface area contributed by atoms with Crippen LogP contribution in [-0.4, -0.2) is 13.7 Å². The maximum absolute atomic E-state index is 5.12. The highest BCUT2D eigenvalue weighted by atomic mass is 16.5. The fraction of sp³-hybridized carbons (Fsp3) is 0.800. The van der Waals surface area contributed by atoms with Gasteiger partial charge in [0, 0.05) is 12.5 Å². The van der Waals surface area contributed by atoms with Crippen molar-refractivity contribution in [2.75, 3.05) is 13.7 Å². The Morgan fingerprint density at radius 1 is 1.55 bits per heavy atom. The number of ether oxygens (including phenoxy) is 1. The van der Waals surface area contributed by atoms with Gasteiger partial charge in [-0.1, -0.05) is 32.8 Å². The van der Waals surface area contributed by atoms with Gasteiger partial charge in [0.15, 0.2) is 0 Å². The molecule has 0 aromatic rings. The Morgan fingerprint density at radius 3 is 2.55 bits per heavy atom. The van der Waals surface area contributed by atoms with Crippen molar-refractivity contribution in [3.63, 3.8) is 0 Å². The molecule has 1 heteroatoms. The molecule has 0 aliphatic rings. The molecule has 0 aromatic carbocycles. The highest BCUT2D eigenvalue weighted by molar-refractivity contribution is 4.90. The molecule has 0 spiro atoms. The summed E-state index contributed by atoms with van der Waals surface area (Å²) in [4.78, 5) is 0. The second-order valence-electron chi connectivity index (χ2n) is 3.39. The first kappa shape index (κ1) is 10.7. The number of unbranched alkanes of at least 4 members (excludes halogenated alkanes) is 1. The third-order valence-corrected chi connectivity index (χ3v) is 2.07. The lowest BCUT2D eigenvalue weighted by molar-refractivity contribution is 0.115. The minimum Gasteiger partial charge on any atom is -0.384 e. The zero-order chi connectivity index (χ0) is 8.74. The SMILES string of the molecule is C=C[C@](C)(CCCC)COC. The van der Waals surface area contributed by atoms with E-state index in [-0.39, 0.29) is 5.41 Å². The fourth-order valence-corrected chi connectivity index (χ4v) is 1.14. The Bertz CT molecular complexity index is 109. The van der Waals surface area contributed by atoms with Gasteiger partial charge < -0.3 is 4.74 Å². The van der Waals surface area contributed by atoms with Crippen molar-refractivity contribution in [3.8, 4) is 0 Å². The Kier molecular flexibility index (Phi) is 5.22. The summed E-state index contributed by atoms with van der Waals surface area (Å²) in [5, 5.41) is 0. The van der Waals surface area contributed by atoms with E-state index in [1.165, 1.54) is 19.3 Å². The smallest absolute Gasteiger partial charge is 0.0550 e. The lowest BCUT2D eigenvalue weighted by Gasteiger charge is -2.24. The van der Waals surface area contributed by atoms with E-state index in [0.29, 0.717) is 0 Å². The summed E-state index contributed by atoms with van der Waals surface area (Å²) in [6.07, 6.45) is 5.69. The zero-order valence-electron chi connectivity index (χ0n) is 8.02. The molecular formula is C10H20O. The maximum atomic E-state index is 5.12. The molecule has 1 atom stereocenters. The third-order valence-electron chi connectivity index (χ3n) is 2.07. The fourth-order valence-electron chi connectivity index (χ4n) is 1.14. The molecule has 0 N–H and O–H groups in total. The van der Waals surface area contributed by atoms with Crippen LogP contribution in [0.5, 0.6) is 0 Å². The van der Waals surface area contributed by atoms with Gasteiger partial charge >= 0.3 is 0 Å². The van der Waals surface area contributed by atoms with Gasteiger partial charge in [0.25, 0.3) is 0 Å². The number of hydrogen-bond donors (Lipinski definition) is 0. The average Bonchev–Trinajstić information content (AvgIpc) is 2.02. The molecule has 0 rings (SSSR count). The van der Waals surface area contributed by atoms with Gasteiger partial charge in [-0.3, -0.25) is 0 Å². The molecule has 11 heavy (non-hydrogen) atoms. The molecule has 0 aliphatic heterocycles. The normalized spacial score (nSPS) is 15.9. The van der Waals surface area contributed by atoms with Crippen LogP contribution in [0.3, 0.4) is 0 Å². The summed E-state index contributed by atoms with van der Waals surface area (Å²) < 4.78 is 5.12. The monoisotopic (exact) mass is 156 g/mol. The predicted molar refractivity (Wildman–Crippen MR) is 49.7 cm³/mol. The van der Waals surface area contributed by atoms with Gasteiger partial charge in [-0.05, 0) is 6.42 Å². The van der Waals surface area contributed by atoms with Crippen LogP contribution in [0.1, 0.15) is 33.1 Å². The quantitative estimate of drug-likeness (QED) is 0.537. The molecule has 0 radical (unpaired) electrons. The molecule has 0 saturated carbocycles. The van der Waals surface area contributed by atoms with E-state index in [1.807, 2.05) is 6.08 Å². The highest BCUT2D eigenvalue weighted by Crippen LogP contribution is 2.25. The van der Waals surface area contributed by atoms with E-state index < -0.39 is 0 Å². The first-order valence-corrected chi connectivity index (χ1v) is 4.31. The van der Waals surface area contributed by atoms with Gasteiger partial charge in [-0.15, -0.1) is 6.58 Å². The minimum absolute atomic E-state index is 0.185. The largest absolute Gasteiger partial charge is 0.384 e. The van der Waals surface area contributed by atoms with Crippen LogP contribution >= 0.6 is 0 Å². The van der Waals surface area contributed by atoms with Crippen molar-refractivity contribution in [1.29, 1.82) is 0 Å². The number of hydrogen-bond acceptors (Lipinski definition) is 1. The van der Waals surface area contributed by atoms with E-state index in [0.717, 1.165) is 6.61 Å². The molecule has 0 saturated heterocycles. The van der Waals surface area contributed by atoms with Gasteiger partial charge in [-0.25, -0.2) is 0 Å². The molecule has 0 heterocycles. The van der Waals surface area contributed by atoms with Crippen LogP contribution in [0.2, 0.25) is 0 Å². The van der Waals surface area contributed by atoms with Crippen LogP contribution in [0.25, 0.3) is 0 Å². The summed E-state index contributed by atoms with van der Waals surface area (Å²) in [5.41, 5.74) is 0.185. The first-order valence-electron chi connectivity index (χ1n) is 4.31. The predicted octanol–water partition coefficient (Wildman–Crippen LogP) is 3.02. The van der Waals surface area contributed by atoms with E-state index in [2.05, 4.69) is 20.4 Å². The van der Waals surface area contributed by atoms with Crippen LogP contribution < -0.4 is 0 Å². The third kappa shape index (κ3) is 4.20. The van der Waals surface area contributed by atoms with E-state index in [1.54, 1.807) is 7.11 Å². The van der Waals surface area contributed by atoms with Crippen molar-refractivity contribution in [1.82, 2.24) is 0 Å². The van der Waals surface area contributed by atoms with Gasteiger partial charge in [0.1, 0.15) is 0 Å². The van der Waals surface area contributed by atoms with Gasteiger partial charge in [0.05, 0.1) is 6.61 Å². The molecule has 0 amide bonds. The summed E-state index contributed by atoms with van der Waals surface area (Å²) in [6, 6.07) is 0. The Balaban J connectivity index is 3.77. The molecule has 0 unspecified atom stereocenters. The topological polar surface area (TPSA) is 9.23 Å².